The first-order valence-corrected chi connectivity index (χ1v) is 9.13. The summed E-state index contributed by atoms with van der Waals surface area (Å²) in [5.74, 6) is 0.800. The summed E-state index contributed by atoms with van der Waals surface area (Å²) in [5, 5.41) is 11.8. The first-order chi connectivity index (χ1) is 13.0. The van der Waals surface area contributed by atoms with Crippen LogP contribution in [-0.2, 0) is 12.8 Å². The van der Waals surface area contributed by atoms with E-state index in [1.54, 1.807) is 6.07 Å². The summed E-state index contributed by atoms with van der Waals surface area (Å²) in [6, 6.07) is 15.3. The minimum absolute atomic E-state index is 0.112. The lowest BCUT2D eigenvalue weighted by Gasteiger charge is -2.10. The number of aliphatic hydroxyl groups is 1. The molecule has 27 heavy (non-hydrogen) atoms. The zero-order valence-corrected chi connectivity index (χ0v) is 16.0. The van der Waals surface area contributed by atoms with Crippen molar-refractivity contribution in [2.75, 3.05) is 11.9 Å². The Morgan fingerprint density at radius 3 is 2.30 bits per heavy atom. The number of furan rings is 1. The average Bonchev–Trinajstić information content (AvgIpc) is 3.09. The molecule has 3 rings (SSSR count). The standard InChI is InChI=1S/C23H25NO3/c1-15-12-16(2)21(17(3)13-15)14-20-8-9-22(27-20)23(26)24-19-6-4-18(5-7-19)10-11-25/h4-9,12-13,25H,10-11,14H2,1-3H3,(H,24,26). The predicted octanol–water partition coefficient (Wildman–Crippen LogP) is 4.58. The van der Waals surface area contributed by atoms with E-state index in [1.807, 2.05) is 30.3 Å². The van der Waals surface area contributed by atoms with Crippen LogP contribution in [0.2, 0.25) is 0 Å². The Hall–Kier alpha value is -2.85. The van der Waals surface area contributed by atoms with Gasteiger partial charge in [0.1, 0.15) is 5.76 Å². The van der Waals surface area contributed by atoms with Gasteiger partial charge >= 0.3 is 0 Å². The van der Waals surface area contributed by atoms with Crippen molar-refractivity contribution in [2.45, 2.75) is 33.6 Å². The van der Waals surface area contributed by atoms with Crippen molar-refractivity contribution in [1.29, 1.82) is 0 Å². The first-order valence-electron chi connectivity index (χ1n) is 9.13. The Morgan fingerprint density at radius 1 is 1.00 bits per heavy atom. The van der Waals surface area contributed by atoms with E-state index in [9.17, 15) is 4.79 Å². The molecule has 0 aliphatic carbocycles. The van der Waals surface area contributed by atoms with Crippen LogP contribution in [0.3, 0.4) is 0 Å². The van der Waals surface area contributed by atoms with E-state index in [4.69, 9.17) is 9.52 Å². The molecule has 2 N–H and O–H groups in total. The van der Waals surface area contributed by atoms with Gasteiger partial charge in [-0.25, -0.2) is 0 Å². The Morgan fingerprint density at radius 2 is 1.67 bits per heavy atom. The molecule has 0 atom stereocenters. The lowest BCUT2D eigenvalue weighted by Crippen LogP contribution is -2.10. The Balaban J connectivity index is 1.69. The lowest BCUT2D eigenvalue weighted by atomic mass is 9.97. The molecule has 1 amide bonds. The Kier molecular flexibility index (Phi) is 5.77. The molecule has 0 aliphatic heterocycles. The summed E-state index contributed by atoms with van der Waals surface area (Å²) >= 11 is 0. The molecular formula is C23H25NO3. The average molecular weight is 363 g/mol. The highest BCUT2D eigenvalue weighted by atomic mass is 16.3. The minimum Gasteiger partial charge on any atom is -0.456 e. The van der Waals surface area contributed by atoms with Crippen molar-refractivity contribution in [3.8, 4) is 0 Å². The fraction of sp³-hybridized carbons (Fsp3) is 0.261. The number of hydrogen-bond donors (Lipinski definition) is 2. The van der Waals surface area contributed by atoms with Gasteiger partial charge in [-0.2, -0.15) is 0 Å². The number of anilines is 1. The summed E-state index contributed by atoms with van der Waals surface area (Å²) < 4.78 is 5.78. The number of aliphatic hydroxyl groups excluding tert-OH is 1. The molecule has 0 unspecified atom stereocenters. The fourth-order valence-corrected chi connectivity index (χ4v) is 3.33. The number of amides is 1. The number of carbonyl (C=O) groups excluding carboxylic acids is 1. The first kappa shape index (κ1) is 18.9. The Labute approximate surface area is 159 Å². The predicted molar refractivity (Wildman–Crippen MR) is 107 cm³/mol. The van der Waals surface area contributed by atoms with Crippen LogP contribution in [0.4, 0.5) is 5.69 Å². The van der Waals surface area contributed by atoms with Gasteiger partial charge in [-0.15, -0.1) is 0 Å². The smallest absolute Gasteiger partial charge is 0.291 e. The monoisotopic (exact) mass is 363 g/mol. The molecule has 0 radical (unpaired) electrons. The van der Waals surface area contributed by atoms with E-state index >= 15 is 0 Å². The molecule has 0 fully saturated rings. The second kappa shape index (κ2) is 8.23. The number of benzene rings is 2. The molecule has 0 saturated carbocycles. The highest BCUT2D eigenvalue weighted by Crippen LogP contribution is 2.22. The van der Waals surface area contributed by atoms with Crippen molar-refractivity contribution in [3.05, 3.63) is 87.9 Å². The minimum atomic E-state index is -0.270. The van der Waals surface area contributed by atoms with Crippen LogP contribution in [0.1, 0.15) is 44.1 Å². The van der Waals surface area contributed by atoms with E-state index in [0.717, 1.165) is 11.3 Å². The molecule has 0 aliphatic rings. The van der Waals surface area contributed by atoms with Crippen LogP contribution in [-0.4, -0.2) is 17.6 Å². The molecule has 3 aromatic rings. The van der Waals surface area contributed by atoms with E-state index in [0.29, 0.717) is 24.3 Å². The quantitative estimate of drug-likeness (QED) is 0.674. The van der Waals surface area contributed by atoms with Crippen LogP contribution in [0.25, 0.3) is 0 Å². The second-order valence-corrected chi connectivity index (χ2v) is 6.94. The molecule has 1 heterocycles. The van der Waals surface area contributed by atoms with Crippen molar-refractivity contribution in [1.82, 2.24) is 0 Å². The van der Waals surface area contributed by atoms with Gasteiger partial charge in [-0.3, -0.25) is 4.79 Å². The van der Waals surface area contributed by atoms with E-state index in [-0.39, 0.29) is 12.5 Å². The highest BCUT2D eigenvalue weighted by Gasteiger charge is 2.13. The van der Waals surface area contributed by atoms with Crippen molar-refractivity contribution >= 4 is 11.6 Å². The molecule has 4 nitrogen and oxygen atoms in total. The third-order valence-electron chi connectivity index (χ3n) is 4.69. The van der Waals surface area contributed by atoms with Gasteiger partial charge in [0, 0.05) is 18.7 Å². The normalized spacial score (nSPS) is 10.8. The van der Waals surface area contributed by atoms with Crippen LogP contribution in [0.5, 0.6) is 0 Å². The summed E-state index contributed by atoms with van der Waals surface area (Å²) in [4.78, 5) is 12.4. The van der Waals surface area contributed by atoms with E-state index in [2.05, 4.69) is 38.2 Å². The van der Waals surface area contributed by atoms with Crippen LogP contribution < -0.4 is 5.32 Å². The highest BCUT2D eigenvalue weighted by molar-refractivity contribution is 6.02. The maximum absolute atomic E-state index is 12.4. The van der Waals surface area contributed by atoms with Gasteiger partial charge in [0.15, 0.2) is 5.76 Å². The van der Waals surface area contributed by atoms with Gasteiger partial charge in [0.25, 0.3) is 5.91 Å². The third-order valence-corrected chi connectivity index (χ3v) is 4.69. The number of nitrogens with one attached hydrogen (secondary N) is 1. The summed E-state index contributed by atoms with van der Waals surface area (Å²) in [5.41, 5.74) is 6.68. The van der Waals surface area contributed by atoms with Gasteiger partial charge in [-0.1, -0.05) is 29.8 Å². The van der Waals surface area contributed by atoms with Crippen LogP contribution in [0.15, 0.2) is 52.9 Å². The number of hydrogen-bond acceptors (Lipinski definition) is 3. The molecule has 4 heteroatoms. The van der Waals surface area contributed by atoms with Crippen LogP contribution >= 0.6 is 0 Å². The molecule has 1 aromatic heterocycles. The van der Waals surface area contributed by atoms with Crippen molar-refractivity contribution in [3.63, 3.8) is 0 Å². The van der Waals surface area contributed by atoms with Gasteiger partial charge in [0.05, 0.1) is 0 Å². The van der Waals surface area contributed by atoms with E-state index < -0.39 is 0 Å². The maximum Gasteiger partial charge on any atom is 0.291 e. The number of aryl methyl sites for hydroxylation is 3. The molecular weight excluding hydrogens is 338 g/mol. The van der Waals surface area contributed by atoms with E-state index in [1.165, 1.54) is 22.3 Å². The topological polar surface area (TPSA) is 62.5 Å². The van der Waals surface area contributed by atoms with Crippen molar-refractivity contribution in [2.24, 2.45) is 0 Å². The SMILES string of the molecule is Cc1cc(C)c(Cc2ccc(C(=O)Nc3ccc(CCO)cc3)o2)c(C)c1. The molecule has 0 spiro atoms. The molecule has 0 saturated heterocycles. The summed E-state index contributed by atoms with van der Waals surface area (Å²) in [6.07, 6.45) is 1.27. The fourth-order valence-electron chi connectivity index (χ4n) is 3.33. The summed E-state index contributed by atoms with van der Waals surface area (Å²) in [7, 11) is 0. The van der Waals surface area contributed by atoms with Crippen molar-refractivity contribution < 1.29 is 14.3 Å². The zero-order valence-electron chi connectivity index (χ0n) is 16.0. The number of carbonyl (C=O) groups is 1. The maximum atomic E-state index is 12.4. The third kappa shape index (κ3) is 4.66. The lowest BCUT2D eigenvalue weighted by molar-refractivity contribution is 0.0995. The van der Waals surface area contributed by atoms with Gasteiger partial charge < -0.3 is 14.8 Å². The Bertz CT molecular complexity index is 916. The molecule has 0 bridgehead atoms. The summed E-state index contributed by atoms with van der Waals surface area (Å²) in [6.45, 7) is 6.41. The number of rotatable bonds is 6. The van der Waals surface area contributed by atoms with Crippen LogP contribution in [0, 0.1) is 20.8 Å². The van der Waals surface area contributed by atoms with Gasteiger partial charge in [0.2, 0.25) is 0 Å². The second-order valence-electron chi connectivity index (χ2n) is 6.94. The zero-order chi connectivity index (χ0) is 19.4. The molecule has 2 aromatic carbocycles. The molecule has 140 valence electrons. The van der Waals surface area contributed by atoms with Gasteiger partial charge in [-0.05, 0) is 73.7 Å². The largest absolute Gasteiger partial charge is 0.456 e.